The molecule has 8 nitrogen and oxygen atoms in total. The Kier molecular flexibility index (Phi) is 9.11. The molecule has 1 aromatic carbocycles. The molecule has 1 aliphatic rings. The van der Waals surface area contributed by atoms with Gasteiger partial charge in [-0.1, -0.05) is 18.2 Å². The summed E-state index contributed by atoms with van der Waals surface area (Å²) in [5, 5.41) is 7.67. The number of nitrogens with one attached hydrogen (secondary N) is 2. The van der Waals surface area contributed by atoms with Gasteiger partial charge in [-0.05, 0) is 44.6 Å². The molecule has 1 aromatic heterocycles. The van der Waals surface area contributed by atoms with Gasteiger partial charge in [-0.2, -0.15) is 0 Å². The predicted molar refractivity (Wildman–Crippen MR) is 133 cm³/mol. The zero-order valence-electron chi connectivity index (χ0n) is 19.9. The van der Waals surface area contributed by atoms with Crippen LogP contribution in [0.4, 0.5) is 5.69 Å². The molecule has 2 N–H and O–H groups in total. The van der Waals surface area contributed by atoms with Crippen LogP contribution in [0.5, 0.6) is 5.75 Å². The zero-order valence-corrected chi connectivity index (χ0v) is 20.7. The SMILES string of the molecule is COc1ccccc1N1CCN([C@H](c2cccs2)[C@H](C)NC(=O)C(=O)NCCN(C)C)CC1. The molecule has 1 aliphatic heterocycles. The van der Waals surface area contributed by atoms with Crippen LogP contribution in [0.1, 0.15) is 17.8 Å². The molecule has 180 valence electrons. The lowest BCUT2D eigenvalue weighted by Crippen LogP contribution is -2.54. The smallest absolute Gasteiger partial charge is 0.309 e. The molecular formula is C24H35N5O3S. The second-order valence-corrected chi connectivity index (χ2v) is 9.46. The van der Waals surface area contributed by atoms with Gasteiger partial charge in [-0.25, -0.2) is 0 Å². The fraction of sp³-hybridized carbons (Fsp3) is 0.500. The van der Waals surface area contributed by atoms with E-state index in [0.717, 1.165) is 37.6 Å². The summed E-state index contributed by atoms with van der Waals surface area (Å²) in [6.07, 6.45) is 0. The van der Waals surface area contributed by atoms with E-state index in [2.05, 4.69) is 37.9 Å². The summed E-state index contributed by atoms with van der Waals surface area (Å²) in [5.41, 5.74) is 1.10. The van der Waals surface area contributed by atoms with E-state index in [1.54, 1.807) is 18.4 Å². The molecule has 3 rings (SSSR count). The molecule has 2 aromatic rings. The lowest BCUT2D eigenvalue weighted by atomic mass is 10.0. The Balaban J connectivity index is 1.64. The lowest BCUT2D eigenvalue weighted by Gasteiger charge is -2.42. The molecule has 2 amide bonds. The number of benzene rings is 1. The minimum absolute atomic E-state index is 0.00310. The normalized spacial score (nSPS) is 16.3. The minimum atomic E-state index is -0.588. The van der Waals surface area contributed by atoms with Gasteiger partial charge in [0.25, 0.3) is 0 Å². The molecule has 0 radical (unpaired) electrons. The maximum atomic E-state index is 12.5. The molecule has 0 bridgehead atoms. The van der Waals surface area contributed by atoms with Crippen molar-refractivity contribution in [1.82, 2.24) is 20.4 Å². The molecule has 1 fully saturated rings. The Morgan fingerprint density at radius 2 is 1.82 bits per heavy atom. The Morgan fingerprint density at radius 1 is 1.09 bits per heavy atom. The summed E-state index contributed by atoms with van der Waals surface area (Å²) in [6.45, 7) is 6.49. The maximum absolute atomic E-state index is 12.5. The van der Waals surface area contributed by atoms with Crippen molar-refractivity contribution >= 4 is 28.8 Å². The number of hydrogen-bond donors (Lipinski definition) is 2. The monoisotopic (exact) mass is 473 g/mol. The van der Waals surface area contributed by atoms with Gasteiger partial charge in [0.1, 0.15) is 5.75 Å². The third kappa shape index (κ3) is 6.69. The maximum Gasteiger partial charge on any atom is 0.309 e. The number of piperazine rings is 1. The summed E-state index contributed by atoms with van der Waals surface area (Å²) in [5.74, 6) is -0.299. The number of hydrogen-bond acceptors (Lipinski definition) is 7. The molecule has 33 heavy (non-hydrogen) atoms. The van der Waals surface area contributed by atoms with E-state index in [1.807, 2.05) is 50.2 Å². The highest BCUT2D eigenvalue weighted by Gasteiger charge is 2.32. The second-order valence-electron chi connectivity index (χ2n) is 8.48. The van der Waals surface area contributed by atoms with Gasteiger partial charge in [0.05, 0.1) is 18.8 Å². The van der Waals surface area contributed by atoms with Crippen LogP contribution in [0.25, 0.3) is 0 Å². The highest BCUT2D eigenvalue weighted by Crippen LogP contribution is 2.32. The molecule has 0 aliphatic carbocycles. The number of nitrogens with zero attached hydrogens (tertiary/aromatic N) is 3. The van der Waals surface area contributed by atoms with E-state index >= 15 is 0 Å². The standard InChI is InChI=1S/C24H35N5O3S/c1-18(26-24(31)23(30)25-11-12-27(2)3)22(21-10-7-17-33-21)29-15-13-28(14-16-29)19-8-5-6-9-20(19)32-4/h5-10,17-18,22H,11-16H2,1-4H3,(H,25,30)(H,26,31)/t18-,22-/m0/s1. The first-order chi connectivity index (χ1) is 15.9. The number of anilines is 1. The molecule has 0 saturated carbocycles. The van der Waals surface area contributed by atoms with Gasteiger partial charge in [-0.15, -0.1) is 11.3 Å². The number of likely N-dealkylation sites (N-methyl/N-ethyl adjacent to an activating group) is 1. The third-order valence-corrected chi connectivity index (χ3v) is 6.79. The molecule has 0 unspecified atom stereocenters. The lowest BCUT2D eigenvalue weighted by molar-refractivity contribution is -0.139. The Labute approximate surface area is 200 Å². The van der Waals surface area contributed by atoms with E-state index in [9.17, 15) is 9.59 Å². The zero-order chi connectivity index (χ0) is 23.8. The fourth-order valence-electron chi connectivity index (χ4n) is 4.16. The van der Waals surface area contributed by atoms with E-state index in [0.29, 0.717) is 13.1 Å². The first kappa shape index (κ1) is 25.0. The van der Waals surface area contributed by atoms with Crippen molar-refractivity contribution < 1.29 is 14.3 Å². The highest BCUT2D eigenvalue weighted by molar-refractivity contribution is 7.10. The van der Waals surface area contributed by atoms with Crippen LogP contribution in [-0.4, -0.2) is 88.1 Å². The van der Waals surface area contributed by atoms with Crippen LogP contribution in [0.15, 0.2) is 41.8 Å². The number of carbonyl (C=O) groups excluding carboxylic acids is 2. The largest absolute Gasteiger partial charge is 0.495 e. The van der Waals surface area contributed by atoms with Crippen LogP contribution in [0.2, 0.25) is 0 Å². The van der Waals surface area contributed by atoms with Gasteiger partial charge in [0, 0.05) is 50.2 Å². The topological polar surface area (TPSA) is 77.1 Å². The quantitative estimate of drug-likeness (QED) is 0.541. The Morgan fingerprint density at radius 3 is 2.45 bits per heavy atom. The minimum Gasteiger partial charge on any atom is -0.495 e. The van der Waals surface area contributed by atoms with E-state index < -0.39 is 11.8 Å². The summed E-state index contributed by atoms with van der Waals surface area (Å²) in [4.78, 5) is 32.6. The first-order valence-electron chi connectivity index (χ1n) is 11.3. The first-order valence-corrected chi connectivity index (χ1v) is 12.2. The Bertz CT molecular complexity index is 897. The Hall–Kier alpha value is -2.62. The molecular weight excluding hydrogens is 438 g/mol. The van der Waals surface area contributed by atoms with Crippen LogP contribution in [0, 0.1) is 0 Å². The summed E-state index contributed by atoms with van der Waals surface area (Å²) >= 11 is 1.68. The van der Waals surface area contributed by atoms with Crippen molar-refractivity contribution in [2.24, 2.45) is 0 Å². The number of rotatable bonds is 9. The van der Waals surface area contributed by atoms with E-state index in [-0.39, 0.29) is 12.1 Å². The van der Waals surface area contributed by atoms with Gasteiger partial charge in [-0.3, -0.25) is 14.5 Å². The fourth-order valence-corrected chi connectivity index (χ4v) is 5.12. The number of para-hydroxylation sites is 2. The van der Waals surface area contributed by atoms with Crippen LogP contribution >= 0.6 is 11.3 Å². The molecule has 2 heterocycles. The average Bonchev–Trinajstić information content (AvgIpc) is 3.33. The van der Waals surface area contributed by atoms with Crippen molar-refractivity contribution in [1.29, 1.82) is 0 Å². The van der Waals surface area contributed by atoms with Crippen molar-refractivity contribution in [3.8, 4) is 5.75 Å². The van der Waals surface area contributed by atoms with Crippen molar-refractivity contribution in [3.05, 3.63) is 46.7 Å². The van der Waals surface area contributed by atoms with Crippen LogP contribution in [-0.2, 0) is 9.59 Å². The number of methoxy groups -OCH3 is 1. The molecule has 0 spiro atoms. The second kappa shape index (κ2) is 12.0. The van der Waals surface area contributed by atoms with Gasteiger partial charge in [0.2, 0.25) is 0 Å². The van der Waals surface area contributed by atoms with Crippen LogP contribution in [0.3, 0.4) is 0 Å². The van der Waals surface area contributed by atoms with Crippen molar-refractivity contribution in [2.45, 2.75) is 19.0 Å². The third-order valence-electron chi connectivity index (χ3n) is 5.85. The summed E-state index contributed by atoms with van der Waals surface area (Å²) in [7, 11) is 5.55. The van der Waals surface area contributed by atoms with Gasteiger partial charge >= 0.3 is 11.8 Å². The van der Waals surface area contributed by atoms with Gasteiger partial charge in [0.15, 0.2) is 0 Å². The molecule has 2 atom stereocenters. The number of ether oxygens (including phenoxy) is 1. The number of carbonyl (C=O) groups is 2. The summed E-state index contributed by atoms with van der Waals surface area (Å²) in [6, 6.07) is 12.0. The highest BCUT2D eigenvalue weighted by atomic mass is 32.1. The average molecular weight is 474 g/mol. The predicted octanol–water partition coefficient (Wildman–Crippen LogP) is 1.80. The van der Waals surface area contributed by atoms with Crippen molar-refractivity contribution in [3.63, 3.8) is 0 Å². The van der Waals surface area contributed by atoms with Gasteiger partial charge < -0.3 is 25.2 Å². The van der Waals surface area contributed by atoms with Crippen LogP contribution < -0.4 is 20.3 Å². The number of thiophene rings is 1. The van der Waals surface area contributed by atoms with Crippen molar-refractivity contribution in [2.75, 3.05) is 65.4 Å². The molecule has 1 saturated heterocycles. The van der Waals surface area contributed by atoms with E-state index in [4.69, 9.17) is 4.74 Å². The van der Waals surface area contributed by atoms with E-state index in [1.165, 1.54) is 4.88 Å². The molecule has 9 heteroatoms. The summed E-state index contributed by atoms with van der Waals surface area (Å²) < 4.78 is 5.54. The number of amides is 2.